The lowest BCUT2D eigenvalue weighted by molar-refractivity contribution is 0.406. The van der Waals surface area contributed by atoms with E-state index < -0.39 is 11.6 Å². The zero-order valence-electron chi connectivity index (χ0n) is 24.3. The van der Waals surface area contributed by atoms with Gasteiger partial charge in [0, 0.05) is 17.3 Å². The van der Waals surface area contributed by atoms with Crippen LogP contribution in [0.1, 0.15) is 88.8 Å². The van der Waals surface area contributed by atoms with E-state index in [-0.39, 0.29) is 23.2 Å². The van der Waals surface area contributed by atoms with Crippen LogP contribution in [-0.2, 0) is 6.42 Å². The van der Waals surface area contributed by atoms with Crippen LogP contribution in [0.2, 0.25) is 0 Å². The summed E-state index contributed by atoms with van der Waals surface area (Å²) in [6.07, 6.45) is 11.4. The third kappa shape index (κ3) is 6.01. The van der Waals surface area contributed by atoms with Crippen molar-refractivity contribution in [2.45, 2.75) is 92.0 Å². The molecule has 0 saturated heterocycles. The average Bonchev–Trinajstić information content (AvgIpc) is 3.10. The molecular formula is C32H40F2N6. The van der Waals surface area contributed by atoms with E-state index in [0.29, 0.717) is 28.6 Å². The highest BCUT2D eigenvalue weighted by molar-refractivity contribution is 5.83. The van der Waals surface area contributed by atoms with Crippen LogP contribution in [0.5, 0.6) is 0 Å². The number of aryl methyl sites for hydroxylation is 2. The molecule has 3 aromatic heterocycles. The molecule has 0 radical (unpaired) electrons. The fraction of sp³-hybridized carbons (Fsp3) is 0.500. The molecule has 1 aliphatic carbocycles. The summed E-state index contributed by atoms with van der Waals surface area (Å²) >= 11 is 0. The molecule has 1 aliphatic rings. The smallest absolute Gasteiger partial charge is 0.229 e. The van der Waals surface area contributed by atoms with Gasteiger partial charge in [0.25, 0.3) is 0 Å². The van der Waals surface area contributed by atoms with Gasteiger partial charge in [-0.25, -0.2) is 28.7 Å². The number of nitrogens with one attached hydrogen (secondary N) is 1. The van der Waals surface area contributed by atoms with Gasteiger partial charge in [-0.15, -0.1) is 0 Å². The van der Waals surface area contributed by atoms with Gasteiger partial charge in [0.15, 0.2) is 11.6 Å². The van der Waals surface area contributed by atoms with Crippen LogP contribution in [0.4, 0.5) is 20.5 Å². The highest BCUT2D eigenvalue weighted by atomic mass is 19.1. The Morgan fingerprint density at radius 1 is 0.975 bits per heavy atom. The fourth-order valence-electron chi connectivity index (χ4n) is 6.34. The Bertz CT molecular complexity index is 1490. The van der Waals surface area contributed by atoms with Crippen LogP contribution in [-0.4, -0.2) is 24.5 Å². The topological polar surface area (TPSA) is 68.5 Å². The monoisotopic (exact) mass is 546 g/mol. The van der Waals surface area contributed by atoms with E-state index in [9.17, 15) is 4.39 Å². The molecule has 6 nitrogen and oxygen atoms in total. The Hall–Kier alpha value is -3.42. The number of imidazole rings is 1. The van der Waals surface area contributed by atoms with E-state index in [1.165, 1.54) is 56.6 Å². The van der Waals surface area contributed by atoms with Gasteiger partial charge in [-0.1, -0.05) is 51.5 Å². The minimum absolute atomic E-state index is 0.0237. The van der Waals surface area contributed by atoms with Crippen molar-refractivity contribution in [1.29, 1.82) is 0 Å². The van der Waals surface area contributed by atoms with Gasteiger partial charge in [-0.05, 0) is 76.1 Å². The largest absolute Gasteiger partial charge is 0.326 e. The third-order valence-corrected chi connectivity index (χ3v) is 8.31. The summed E-state index contributed by atoms with van der Waals surface area (Å²) in [6.45, 7) is 10.2. The van der Waals surface area contributed by atoms with Crippen molar-refractivity contribution < 1.29 is 8.78 Å². The number of fused-ring (bicyclic) bond motifs is 1. The summed E-state index contributed by atoms with van der Waals surface area (Å²) in [7, 11) is 0. The molecule has 2 atom stereocenters. The van der Waals surface area contributed by atoms with Crippen molar-refractivity contribution in [1.82, 2.24) is 24.5 Å². The third-order valence-electron chi connectivity index (χ3n) is 8.31. The van der Waals surface area contributed by atoms with Crippen LogP contribution in [0, 0.1) is 37.3 Å². The number of pyridine rings is 1. The number of anilines is 2. The van der Waals surface area contributed by atoms with Crippen molar-refractivity contribution in [3.8, 4) is 11.3 Å². The summed E-state index contributed by atoms with van der Waals surface area (Å²) in [5.41, 5.74) is 3.48. The first-order valence-corrected chi connectivity index (χ1v) is 14.7. The van der Waals surface area contributed by atoms with Gasteiger partial charge in [0.05, 0.1) is 11.7 Å². The molecule has 1 N–H and O–H groups in total. The van der Waals surface area contributed by atoms with Crippen LogP contribution < -0.4 is 5.32 Å². The average molecular weight is 547 g/mol. The standard InChI is InChI=1S/C32H40F2N6/c1-6-8-22-9-7-10-23(12-11-22)15-24-13-14-29(36-20(24)4)38-32-35-18-27(34)30(39-32)25-16-26(33)31-28(17-25)40(19(2)3)21(5)37-31/h13-14,16-19,22-23H,6-12,15H2,1-5H3,(H,35,36,38,39). The van der Waals surface area contributed by atoms with Gasteiger partial charge in [0.1, 0.15) is 22.9 Å². The van der Waals surface area contributed by atoms with Crippen LogP contribution in [0.3, 0.4) is 0 Å². The first-order chi connectivity index (χ1) is 19.2. The first-order valence-electron chi connectivity index (χ1n) is 14.7. The van der Waals surface area contributed by atoms with E-state index in [4.69, 9.17) is 4.98 Å². The number of halogens is 2. The normalized spacial score (nSPS) is 17.9. The Morgan fingerprint density at radius 3 is 2.50 bits per heavy atom. The summed E-state index contributed by atoms with van der Waals surface area (Å²) in [6, 6.07) is 7.15. The molecule has 8 heteroatoms. The molecule has 0 spiro atoms. The quantitative estimate of drug-likeness (QED) is 0.224. The minimum Gasteiger partial charge on any atom is -0.326 e. The lowest BCUT2D eigenvalue weighted by Gasteiger charge is -2.17. The number of nitrogens with zero attached hydrogens (tertiary/aromatic N) is 5. The highest BCUT2D eigenvalue weighted by Crippen LogP contribution is 2.33. The molecule has 1 aromatic carbocycles. The predicted octanol–water partition coefficient (Wildman–Crippen LogP) is 8.65. The van der Waals surface area contributed by atoms with Crippen molar-refractivity contribution in [3.63, 3.8) is 0 Å². The van der Waals surface area contributed by atoms with Gasteiger partial charge in [-0.2, -0.15) is 0 Å². The maximum absolute atomic E-state index is 15.0. The number of hydrogen-bond acceptors (Lipinski definition) is 5. The Balaban J connectivity index is 1.35. The van der Waals surface area contributed by atoms with Gasteiger partial charge < -0.3 is 9.88 Å². The lowest BCUT2D eigenvalue weighted by Crippen LogP contribution is -2.08. The second-order valence-corrected chi connectivity index (χ2v) is 11.6. The highest BCUT2D eigenvalue weighted by Gasteiger charge is 2.21. The van der Waals surface area contributed by atoms with Crippen LogP contribution >= 0.6 is 0 Å². The molecule has 0 amide bonds. The number of hydrogen-bond donors (Lipinski definition) is 1. The summed E-state index contributed by atoms with van der Waals surface area (Å²) in [5, 5.41) is 3.12. The number of benzene rings is 1. The maximum atomic E-state index is 15.0. The molecule has 212 valence electrons. The van der Waals surface area contributed by atoms with Crippen molar-refractivity contribution >= 4 is 22.8 Å². The van der Waals surface area contributed by atoms with Crippen molar-refractivity contribution in [2.24, 2.45) is 11.8 Å². The molecule has 3 heterocycles. The van der Waals surface area contributed by atoms with Crippen LogP contribution in [0.15, 0.2) is 30.5 Å². The molecule has 40 heavy (non-hydrogen) atoms. The van der Waals surface area contributed by atoms with E-state index in [1.54, 1.807) is 6.07 Å². The van der Waals surface area contributed by atoms with Crippen LogP contribution in [0.25, 0.3) is 22.3 Å². The molecule has 4 aromatic rings. The van der Waals surface area contributed by atoms with Crippen molar-refractivity contribution in [2.75, 3.05) is 5.32 Å². The predicted molar refractivity (Wildman–Crippen MR) is 157 cm³/mol. The Morgan fingerprint density at radius 2 is 1.75 bits per heavy atom. The molecule has 0 aliphatic heterocycles. The zero-order valence-corrected chi connectivity index (χ0v) is 24.3. The Labute approximate surface area is 235 Å². The summed E-state index contributed by atoms with van der Waals surface area (Å²) in [4.78, 5) is 17.7. The Kier molecular flexibility index (Phi) is 8.43. The van der Waals surface area contributed by atoms with Crippen molar-refractivity contribution in [3.05, 3.63) is 59.2 Å². The number of aromatic nitrogens is 5. The lowest BCUT2D eigenvalue weighted by atomic mass is 9.90. The summed E-state index contributed by atoms with van der Waals surface area (Å²) in [5.74, 6) is 1.97. The fourth-order valence-corrected chi connectivity index (χ4v) is 6.34. The van der Waals surface area contributed by atoms with E-state index >= 15 is 4.39 Å². The second kappa shape index (κ2) is 12.0. The molecule has 5 rings (SSSR count). The maximum Gasteiger partial charge on any atom is 0.229 e. The van der Waals surface area contributed by atoms with E-state index in [1.807, 2.05) is 38.3 Å². The number of rotatable bonds is 8. The SMILES string of the molecule is CCCC1CCCC(Cc2ccc(Nc3ncc(F)c(-c4cc(F)c5nc(C)n(C(C)C)c5c4)n3)nc2C)CC1. The van der Waals surface area contributed by atoms with Gasteiger partial charge in [-0.3, -0.25) is 0 Å². The molecular weight excluding hydrogens is 506 g/mol. The molecule has 0 bridgehead atoms. The van der Waals surface area contributed by atoms with E-state index in [2.05, 4.69) is 33.3 Å². The van der Waals surface area contributed by atoms with E-state index in [0.717, 1.165) is 24.2 Å². The first kappa shape index (κ1) is 28.1. The zero-order chi connectivity index (χ0) is 28.4. The van der Waals surface area contributed by atoms with Gasteiger partial charge >= 0.3 is 0 Å². The summed E-state index contributed by atoms with van der Waals surface area (Å²) < 4.78 is 31.9. The molecule has 1 fully saturated rings. The van der Waals surface area contributed by atoms with Gasteiger partial charge in [0.2, 0.25) is 5.95 Å². The molecule has 2 unspecified atom stereocenters. The molecule has 1 saturated carbocycles. The minimum atomic E-state index is -0.624. The second-order valence-electron chi connectivity index (χ2n) is 11.6.